The van der Waals surface area contributed by atoms with Crippen molar-refractivity contribution in [3.8, 4) is 0 Å². The number of methoxy groups -OCH3 is 1. The van der Waals surface area contributed by atoms with Crippen LogP contribution in [0.1, 0.15) is 35.3 Å². The van der Waals surface area contributed by atoms with Crippen LogP contribution in [0.15, 0.2) is 0 Å². The summed E-state index contributed by atoms with van der Waals surface area (Å²) in [4.78, 5) is 15.9. The third-order valence-electron chi connectivity index (χ3n) is 1.90. The van der Waals surface area contributed by atoms with Crippen molar-refractivity contribution in [2.75, 3.05) is 7.11 Å². The predicted molar refractivity (Wildman–Crippen MR) is 58.3 cm³/mol. The van der Waals surface area contributed by atoms with Gasteiger partial charge in [0, 0.05) is 12.0 Å². The molecule has 0 aromatic carbocycles. The minimum absolute atomic E-state index is 0.0505. The summed E-state index contributed by atoms with van der Waals surface area (Å²) in [6, 6.07) is 0. The molecule has 0 unspecified atom stereocenters. The molecule has 0 aliphatic heterocycles. The molecule has 0 spiro atoms. The first-order valence-corrected chi connectivity index (χ1v) is 5.55. The minimum atomic E-state index is -0.815. The fraction of sp³-hybridized carbons (Fsp3) is 0.600. The number of thiazole rings is 1. The number of rotatable bonds is 5. The van der Waals surface area contributed by atoms with E-state index in [1.807, 2.05) is 13.8 Å². The van der Waals surface area contributed by atoms with Crippen LogP contribution in [-0.2, 0) is 22.6 Å². The van der Waals surface area contributed by atoms with Gasteiger partial charge in [-0.1, -0.05) is 13.8 Å². The molecule has 1 N–H and O–H groups in total. The molecule has 5 heteroatoms. The summed E-state index contributed by atoms with van der Waals surface area (Å²) in [5.41, 5.74) is 0.884. The number of carboxylic acids is 1. The molecule has 0 fully saturated rings. The second-order valence-electron chi connectivity index (χ2n) is 3.57. The first-order valence-electron chi connectivity index (χ1n) is 4.73. The Bertz CT molecular complexity index is 346. The number of aromatic nitrogens is 1. The maximum absolute atomic E-state index is 10.7. The molecule has 0 saturated heterocycles. The first-order chi connectivity index (χ1) is 7.04. The number of carbonyl (C=O) groups is 1. The zero-order valence-electron chi connectivity index (χ0n) is 9.11. The van der Waals surface area contributed by atoms with Crippen molar-refractivity contribution in [1.82, 2.24) is 4.98 Å². The van der Waals surface area contributed by atoms with Gasteiger partial charge in [0.05, 0.1) is 18.7 Å². The van der Waals surface area contributed by atoms with Crippen LogP contribution in [0.2, 0.25) is 0 Å². The number of aliphatic carboxylic acids is 1. The Kier molecular flexibility index (Phi) is 4.23. The van der Waals surface area contributed by atoms with E-state index in [-0.39, 0.29) is 12.3 Å². The lowest BCUT2D eigenvalue weighted by Crippen LogP contribution is -2.02. The van der Waals surface area contributed by atoms with Gasteiger partial charge in [-0.2, -0.15) is 0 Å². The topological polar surface area (TPSA) is 59.4 Å². The number of nitrogens with zero attached hydrogens (tertiary/aromatic N) is 1. The van der Waals surface area contributed by atoms with E-state index in [0.717, 1.165) is 15.6 Å². The lowest BCUT2D eigenvalue weighted by atomic mass is 10.1. The average Bonchev–Trinajstić information content (AvgIpc) is 2.47. The van der Waals surface area contributed by atoms with Crippen molar-refractivity contribution in [2.24, 2.45) is 0 Å². The third-order valence-corrected chi connectivity index (χ3v) is 2.94. The zero-order chi connectivity index (χ0) is 11.4. The SMILES string of the molecule is COCc1nc(C(C)C)c(CC(=O)O)s1. The molecule has 0 atom stereocenters. The quantitative estimate of drug-likeness (QED) is 0.839. The van der Waals surface area contributed by atoms with Crippen molar-refractivity contribution in [3.63, 3.8) is 0 Å². The van der Waals surface area contributed by atoms with E-state index in [4.69, 9.17) is 9.84 Å². The van der Waals surface area contributed by atoms with Crippen LogP contribution < -0.4 is 0 Å². The number of ether oxygens (including phenoxy) is 1. The van der Waals surface area contributed by atoms with Crippen molar-refractivity contribution in [1.29, 1.82) is 0 Å². The molecule has 15 heavy (non-hydrogen) atoms. The molecule has 1 aromatic heterocycles. The summed E-state index contributed by atoms with van der Waals surface area (Å²) in [6.07, 6.45) is 0.0505. The highest BCUT2D eigenvalue weighted by atomic mass is 32.1. The summed E-state index contributed by atoms with van der Waals surface area (Å²) < 4.78 is 4.98. The largest absolute Gasteiger partial charge is 0.481 e. The molecule has 0 saturated carbocycles. The average molecular weight is 229 g/mol. The molecule has 0 aliphatic rings. The second kappa shape index (κ2) is 5.23. The van der Waals surface area contributed by atoms with E-state index < -0.39 is 5.97 Å². The Hall–Kier alpha value is -0.940. The smallest absolute Gasteiger partial charge is 0.308 e. The first kappa shape index (κ1) is 12.1. The van der Waals surface area contributed by atoms with Crippen LogP contribution in [-0.4, -0.2) is 23.2 Å². The standard InChI is InChI=1S/C10H15NO3S/c1-6(2)10-7(4-9(12)13)15-8(11-10)5-14-3/h6H,4-5H2,1-3H3,(H,12,13). The van der Waals surface area contributed by atoms with Crippen LogP contribution in [0.25, 0.3) is 0 Å². The monoisotopic (exact) mass is 229 g/mol. The highest BCUT2D eigenvalue weighted by molar-refractivity contribution is 7.11. The van der Waals surface area contributed by atoms with E-state index in [1.165, 1.54) is 11.3 Å². The number of hydrogen-bond acceptors (Lipinski definition) is 4. The fourth-order valence-electron chi connectivity index (χ4n) is 1.31. The normalized spacial score (nSPS) is 10.9. The van der Waals surface area contributed by atoms with Crippen molar-refractivity contribution < 1.29 is 14.6 Å². The van der Waals surface area contributed by atoms with Crippen LogP contribution in [0, 0.1) is 0 Å². The van der Waals surface area contributed by atoms with Gasteiger partial charge >= 0.3 is 5.97 Å². The number of hydrogen-bond donors (Lipinski definition) is 1. The minimum Gasteiger partial charge on any atom is -0.481 e. The molecule has 1 rings (SSSR count). The molecule has 84 valence electrons. The molecule has 0 aliphatic carbocycles. The van der Waals surface area contributed by atoms with Gasteiger partial charge in [-0.25, -0.2) is 4.98 Å². The van der Waals surface area contributed by atoms with Crippen LogP contribution >= 0.6 is 11.3 Å². The van der Waals surface area contributed by atoms with Gasteiger partial charge in [0.2, 0.25) is 0 Å². The van der Waals surface area contributed by atoms with E-state index in [1.54, 1.807) is 7.11 Å². The van der Waals surface area contributed by atoms with Gasteiger partial charge < -0.3 is 9.84 Å². The predicted octanol–water partition coefficient (Wildman–Crippen LogP) is 2.04. The van der Waals surface area contributed by atoms with Crippen molar-refractivity contribution in [2.45, 2.75) is 32.8 Å². The fourth-order valence-corrected chi connectivity index (χ4v) is 2.50. The van der Waals surface area contributed by atoms with Gasteiger partial charge in [-0.15, -0.1) is 11.3 Å². The van der Waals surface area contributed by atoms with Gasteiger partial charge in [0.25, 0.3) is 0 Å². The van der Waals surface area contributed by atoms with Gasteiger partial charge in [-0.05, 0) is 5.92 Å². The maximum atomic E-state index is 10.7. The Morgan fingerprint density at radius 2 is 2.27 bits per heavy atom. The molecule has 4 nitrogen and oxygen atoms in total. The van der Waals surface area contributed by atoms with Crippen LogP contribution in [0.3, 0.4) is 0 Å². The molecule has 0 amide bonds. The van der Waals surface area contributed by atoms with Crippen molar-refractivity contribution in [3.05, 3.63) is 15.6 Å². The Labute approximate surface area is 92.9 Å². The molecule has 0 bridgehead atoms. The summed E-state index contributed by atoms with van der Waals surface area (Å²) in [6.45, 7) is 4.47. The lowest BCUT2D eigenvalue weighted by molar-refractivity contribution is -0.136. The van der Waals surface area contributed by atoms with Crippen LogP contribution in [0.5, 0.6) is 0 Å². The highest BCUT2D eigenvalue weighted by Gasteiger charge is 2.16. The summed E-state index contributed by atoms with van der Waals surface area (Å²) in [5, 5.41) is 9.60. The van der Waals surface area contributed by atoms with Gasteiger partial charge in [0.1, 0.15) is 5.01 Å². The Balaban J connectivity index is 2.94. The highest BCUT2D eigenvalue weighted by Crippen LogP contribution is 2.26. The van der Waals surface area contributed by atoms with E-state index in [0.29, 0.717) is 6.61 Å². The zero-order valence-corrected chi connectivity index (χ0v) is 9.93. The van der Waals surface area contributed by atoms with E-state index in [2.05, 4.69) is 4.98 Å². The van der Waals surface area contributed by atoms with Gasteiger partial charge in [0.15, 0.2) is 0 Å². The Morgan fingerprint density at radius 1 is 1.60 bits per heavy atom. The summed E-state index contributed by atoms with van der Waals surface area (Å²) >= 11 is 1.42. The summed E-state index contributed by atoms with van der Waals surface area (Å²) in [5.74, 6) is -0.564. The second-order valence-corrected chi connectivity index (χ2v) is 4.74. The maximum Gasteiger partial charge on any atom is 0.308 e. The third kappa shape index (κ3) is 3.28. The molecule has 0 radical (unpaired) electrons. The Morgan fingerprint density at radius 3 is 2.73 bits per heavy atom. The van der Waals surface area contributed by atoms with E-state index in [9.17, 15) is 4.79 Å². The van der Waals surface area contributed by atoms with E-state index >= 15 is 0 Å². The van der Waals surface area contributed by atoms with Crippen LogP contribution in [0.4, 0.5) is 0 Å². The molecule has 1 aromatic rings. The number of carboxylic acid groups (broad SMARTS) is 1. The lowest BCUT2D eigenvalue weighted by Gasteiger charge is -2.02. The molecular formula is C10H15NO3S. The van der Waals surface area contributed by atoms with Gasteiger partial charge in [-0.3, -0.25) is 4.79 Å². The summed E-state index contributed by atoms with van der Waals surface area (Å²) in [7, 11) is 1.60. The van der Waals surface area contributed by atoms with Crippen molar-refractivity contribution >= 4 is 17.3 Å². The molecular weight excluding hydrogens is 214 g/mol. The molecule has 1 heterocycles.